The number of hydrogen-bond donors (Lipinski definition) is 1. The summed E-state index contributed by atoms with van der Waals surface area (Å²) in [5.74, 6) is 1.78. The third-order valence-electron chi connectivity index (χ3n) is 2.21. The molecule has 2 N–H and O–H groups in total. The summed E-state index contributed by atoms with van der Waals surface area (Å²) < 4.78 is 7.29. The molecule has 2 heterocycles. The van der Waals surface area contributed by atoms with E-state index in [4.69, 9.17) is 10.2 Å². The number of aromatic nitrogens is 3. The molecule has 0 spiro atoms. The summed E-state index contributed by atoms with van der Waals surface area (Å²) in [6.45, 7) is 2.43. The van der Waals surface area contributed by atoms with Gasteiger partial charge >= 0.3 is 0 Å². The van der Waals surface area contributed by atoms with Crippen molar-refractivity contribution in [2.45, 2.75) is 17.3 Å². The minimum atomic E-state index is 0.0802. The van der Waals surface area contributed by atoms with Crippen molar-refractivity contribution in [2.75, 3.05) is 6.54 Å². The van der Waals surface area contributed by atoms with Gasteiger partial charge in [-0.25, -0.2) is 9.67 Å². The summed E-state index contributed by atoms with van der Waals surface area (Å²) in [5, 5.41) is 4.93. The van der Waals surface area contributed by atoms with Crippen LogP contribution in [0.25, 0.3) is 0 Å². The molecular weight excluding hydrogens is 224 g/mol. The Balaban J connectivity index is 2.15. The molecule has 0 aliphatic heterocycles. The normalized spacial score (nSPS) is 12.9. The summed E-state index contributed by atoms with van der Waals surface area (Å²) in [7, 11) is 1.86. The van der Waals surface area contributed by atoms with E-state index < -0.39 is 0 Å². The van der Waals surface area contributed by atoms with Gasteiger partial charge in [-0.2, -0.15) is 5.10 Å². The molecule has 0 fully saturated rings. The second kappa shape index (κ2) is 4.71. The number of nitrogens with zero attached hydrogens (tertiary/aromatic N) is 3. The maximum Gasteiger partial charge on any atom is 0.186 e. The molecule has 1 atom stereocenters. The number of aryl methyl sites for hydroxylation is 2. The highest BCUT2D eigenvalue weighted by Gasteiger charge is 2.17. The second-order valence-electron chi connectivity index (χ2n) is 3.46. The van der Waals surface area contributed by atoms with Gasteiger partial charge in [-0.05, 0) is 19.1 Å². The average molecular weight is 238 g/mol. The van der Waals surface area contributed by atoms with Crippen LogP contribution < -0.4 is 5.73 Å². The van der Waals surface area contributed by atoms with Crippen molar-refractivity contribution >= 4 is 11.8 Å². The zero-order chi connectivity index (χ0) is 11.5. The van der Waals surface area contributed by atoms with Crippen molar-refractivity contribution in [3.63, 3.8) is 0 Å². The smallest absolute Gasteiger partial charge is 0.186 e. The van der Waals surface area contributed by atoms with Gasteiger partial charge in [0, 0.05) is 13.6 Å². The molecule has 2 aromatic heterocycles. The lowest BCUT2D eigenvalue weighted by atomic mass is 10.3. The molecule has 0 radical (unpaired) electrons. The van der Waals surface area contributed by atoms with E-state index >= 15 is 0 Å². The fourth-order valence-electron chi connectivity index (χ4n) is 1.37. The molecule has 0 aromatic carbocycles. The van der Waals surface area contributed by atoms with Gasteiger partial charge in [0.05, 0.1) is 5.25 Å². The Bertz CT molecular complexity index is 465. The number of thioether (sulfide) groups is 1. The van der Waals surface area contributed by atoms with Crippen LogP contribution >= 0.6 is 11.8 Å². The summed E-state index contributed by atoms with van der Waals surface area (Å²) in [5.41, 5.74) is 5.74. The van der Waals surface area contributed by atoms with Gasteiger partial charge in [-0.15, -0.1) is 0 Å². The van der Waals surface area contributed by atoms with E-state index in [-0.39, 0.29) is 5.25 Å². The third-order valence-corrected chi connectivity index (χ3v) is 3.50. The highest BCUT2D eigenvalue weighted by Crippen LogP contribution is 2.33. The molecule has 0 bridgehead atoms. The molecule has 5 nitrogen and oxygen atoms in total. The van der Waals surface area contributed by atoms with Crippen molar-refractivity contribution in [3.8, 4) is 0 Å². The van der Waals surface area contributed by atoms with E-state index in [1.807, 2.05) is 26.1 Å². The van der Waals surface area contributed by atoms with E-state index in [0.29, 0.717) is 6.54 Å². The minimum absolute atomic E-state index is 0.0802. The molecule has 0 aliphatic rings. The Kier molecular flexibility index (Phi) is 3.31. The lowest BCUT2D eigenvalue weighted by Gasteiger charge is -2.10. The minimum Gasteiger partial charge on any atom is -0.465 e. The van der Waals surface area contributed by atoms with E-state index in [9.17, 15) is 0 Å². The summed E-state index contributed by atoms with van der Waals surface area (Å²) in [4.78, 5) is 4.15. The summed E-state index contributed by atoms with van der Waals surface area (Å²) in [6.07, 6.45) is 1.53. The first kappa shape index (κ1) is 11.2. The molecule has 0 saturated carbocycles. The molecule has 0 amide bonds. The Morgan fingerprint density at radius 3 is 2.88 bits per heavy atom. The van der Waals surface area contributed by atoms with Crippen LogP contribution in [-0.2, 0) is 7.05 Å². The number of hydrogen-bond acceptors (Lipinski definition) is 5. The highest BCUT2D eigenvalue weighted by molar-refractivity contribution is 7.99. The van der Waals surface area contributed by atoms with Crippen LogP contribution in [0.15, 0.2) is 28.0 Å². The van der Waals surface area contributed by atoms with Gasteiger partial charge in [-0.1, -0.05) is 11.8 Å². The number of nitrogens with two attached hydrogens (primary N) is 1. The van der Waals surface area contributed by atoms with Gasteiger partial charge in [0.15, 0.2) is 5.16 Å². The monoisotopic (exact) mass is 238 g/mol. The van der Waals surface area contributed by atoms with Crippen LogP contribution in [0.3, 0.4) is 0 Å². The van der Waals surface area contributed by atoms with Crippen molar-refractivity contribution in [3.05, 3.63) is 30.0 Å². The van der Waals surface area contributed by atoms with Crippen LogP contribution in [-0.4, -0.2) is 21.3 Å². The number of rotatable bonds is 4. The lowest BCUT2D eigenvalue weighted by molar-refractivity contribution is 0.481. The van der Waals surface area contributed by atoms with Gasteiger partial charge in [0.2, 0.25) is 0 Å². The van der Waals surface area contributed by atoms with E-state index in [1.54, 1.807) is 16.4 Å². The lowest BCUT2D eigenvalue weighted by Crippen LogP contribution is -2.09. The first-order chi connectivity index (χ1) is 7.70. The Hall–Kier alpha value is -1.27. The zero-order valence-corrected chi connectivity index (χ0v) is 10.1. The highest BCUT2D eigenvalue weighted by atomic mass is 32.2. The SMILES string of the molecule is Cc1ccc(C(CN)Sc2ncnn2C)o1. The predicted molar refractivity (Wildman–Crippen MR) is 62.1 cm³/mol. The quantitative estimate of drug-likeness (QED) is 0.817. The first-order valence-corrected chi connectivity index (χ1v) is 5.85. The first-order valence-electron chi connectivity index (χ1n) is 4.97. The van der Waals surface area contributed by atoms with Crippen LogP contribution in [0.4, 0.5) is 0 Å². The third kappa shape index (κ3) is 2.28. The Morgan fingerprint density at radius 2 is 2.38 bits per heavy atom. The molecule has 0 saturated heterocycles. The topological polar surface area (TPSA) is 69.9 Å². The van der Waals surface area contributed by atoms with Gasteiger partial charge < -0.3 is 10.2 Å². The van der Waals surface area contributed by atoms with E-state index in [0.717, 1.165) is 16.7 Å². The molecule has 6 heteroatoms. The standard InChI is InChI=1S/C10H14N4OS/c1-7-3-4-8(15-7)9(5-11)16-10-12-6-13-14(10)2/h3-4,6,9H,5,11H2,1-2H3. The molecule has 86 valence electrons. The summed E-state index contributed by atoms with van der Waals surface area (Å²) >= 11 is 1.56. The molecule has 16 heavy (non-hydrogen) atoms. The Labute approximate surface area is 98.0 Å². The molecule has 2 aromatic rings. The fourth-order valence-corrected chi connectivity index (χ4v) is 2.27. The molecule has 1 unspecified atom stereocenters. The van der Waals surface area contributed by atoms with E-state index in [2.05, 4.69) is 10.1 Å². The van der Waals surface area contributed by atoms with Gasteiger partial charge in [0.25, 0.3) is 0 Å². The fraction of sp³-hybridized carbons (Fsp3) is 0.400. The van der Waals surface area contributed by atoms with Crippen LogP contribution in [0.1, 0.15) is 16.8 Å². The molecular formula is C10H14N4OS. The predicted octanol–water partition coefficient (Wildman–Crippen LogP) is 1.51. The van der Waals surface area contributed by atoms with Crippen molar-refractivity contribution in [1.82, 2.24) is 14.8 Å². The van der Waals surface area contributed by atoms with Crippen LogP contribution in [0.5, 0.6) is 0 Å². The number of furan rings is 1. The van der Waals surface area contributed by atoms with Gasteiger partial charge in [-0.3, -0.25) is 0 Å². The van der Waals surface area contributed by atoms with Crippen molar-refractivity contribution in [2.24, 2.45) is 12.8 Å². The maximum atomic E-state index is 5.74. The van der Waals surface area contributed by atoms with Crippen LogP contribution in [0.2, 0.25) is 0 Å². The zero-order valence-electron chi connectivity index (χ0n) is 9.25. The van der Waals surface area contributed by atoms with E-state index in [1.165, 1.54) is 6.33 Å². The Morgan fingerprint density at radius 1 is 1.56 bits per heavy atom. The largest absolute Gasteiger partial charge is 0.465 e. The maximum absolute atomic E-state index is 5.74. The second-order valence-corrected chi connectivity index (χ2v) is 4.63. The van der Waals surface area contributed by atoms with Crippen molar-refractivity contribution < 1.29 is 4.42 Å². The molecule has 2 rings (SSSR count). The molecule has 0 aliphatic carbocycles. The summed E-state index contributed by atoms with van der Waals surface area (Å²) in [6, 6.07) is 3.89. The van der Waals surface area contributed by atoms with Crippen molar-refractivity contribution in [1.29, 1.82) is 0 Å². The average Bonchev–Trinajstić information content (AvgIpc) is 2.85. The van der Waals surface area contributed by atoms with Gasteiger partial charge in [0.1, 0.15) is 17.8 Å². The van der Waals surface area contributed by atoms with Crippen LogP contribution in [0, 0.1) is 6.92 Å².